The minimum Gasteiger partial charge on any atom is -0.759 e. The first-order chi connectivity index (χ1) is 15.4. The van der Waals surface area contributed by atoms with E-state index in [2.05, 4.69) is 54.9 Å². The highest BCUT2D eigenvalue weighted by molar-refractivity contribution is 7.79. The summed E-state index contributed by atoms with van der Waals surface area (Å²) in [6.07, 6.45) is 26.5. The van der Waals surface area contributed by atoms with Gasteiger partial charge < -0.3 is 9.11 Å². The van der Waals surface area contributed by atoms with Crippen LogP contribution in [0.15, 0.2) is 0 Å². The Hall–Kier alpha value is 0.730. The highest BCUT2D eigenvalue weighted by Gasteiger charge is 2.29. The van der Waals surface area contributed by atoms with E-state index in [1.807, 2.05) is 0 Å². The molecule has 204 valence electrons. The van der Waals surface area contributed by atoms with Crippen LogP contribution in [0.3, 0.4) is 0 Å². The maximum Gasteiger partial charge on any atom is 0.0591 e. The van der Waals surface area contributed by atoms with Crippen molar-refractivity contribution in [3.63, 3.8) is 0 Å². The SMILES string of the molecule is CCCC[P+](C)(CCCC)CCCC.CCCC[P+](C)(CCCC)CCCC.O=S(=O)([O-])[O-]. The predicted molar refractivity (Wildman–Crippen MR) is 155 cm³/mol. The third-order valence-corrected chi connectivity index (χ3v) is 14.7. The molecule has 0 saturated carbocycles. The third kappa shape index (κ3) is 32.7. The van der Waals surface area contributed by atoms with Crippen molar-refractivity contribution >= 4 is 24.9 Å². The first-order valence-corrected chi connectivity index (χ1v) is 20.6. The molecule has 0 aliphatic carbocycles. The monoisotopic (exact) mass is 530 g/mol. The fourth-order valence-electron chi connectivity index (χ4n) is 3.91. The number of hydrogen-bond donors (Lipinski definition) is 0. The molecule has 0 saturated heterocycles. The van der Waals surface area contributed by atoms with Crippen LogP contribution < -0.4 is 0 Å². The van der Waals surface area contributed by atoms with Crippen LogP contribution >= 0.6 is 14.5 Å². The summed E-state index contributed by atoms with van der Waals surface area (Å²) in [5.41, 5.74) is 0. The highest BCUT2D eigenvalue weighted by Crippen LogP contribution is 2.57. The molecule has 0 aliphatic rings. The summed E-state index contributed by atoms with van der Waals surface area (Å²) >= 11 is 0. The van der Waals surface area contributed by atoms with Gasteiger partial charge in [-0.3, -0.25) is 8.42 Å². The van der Waals surface area contributed by atoms with Crippen LogP contribution in [-0.4, -0.2) is 67.8 Å². The van der Waals surface area contributed by atoms with Crippen molar-refractivity contribution in [2.45, 2.75) is 119 Å². The summed E-state index contributed by atoms with van der Waals surface area (Å²) in [5.74, 6) is 0. The van der Waals surface area contributed by atoms with Crippen molar-refractivity contribution < 1.29 is 17.5 Å². The molecule has 0 radical (unpaired) electrons. The van der Waals surface area contributed by atoms with E-state index in [0.717, 1.165) is 0 Å². The molecule has 0 N–H and O–H groups in total. The number of unbranched alkanes of at least 4 members (excludes halogenated alkanes) is 6. The smallest absolute Gasteiger partial charge is 0.0591 e. The van der Waals surface area contributed by atoms with Crippen LogP contribution in [0.2, 0.25) is 0 Å². The van der Waals surface area contributed by atoms with Crippen LogP contribution in [-0.2, 0) is 10.4 Å². The van der Waals surface area contributed by atoms with Crippen LogP contribution in [0, 0.1) is 0 Å². The molecule has 4 nitrogen and oxygen atoms in total. The van der Waals surface area contributed by atoms with Gasteiger partial charge in [0.15, 0.2) is 0 Å². The largest absolute Gasteiger partial charge is 0.759 e. The number of hydrogen-bond acceptors (Lipinski definition) is 4. The highest BCUT2D eigenvalue weighted by atomic mass is 32.3. The Labute approximate surface area is 211 Å². The van der Waals surface area contributed by atoms with Crippen molar-refractivity contribution in [3.05, 3.63) is 0 Å². The van der Waals surface area contributed by atoms with Gasteiger partial charge in [-0.1, -0.05) is 80.1 Å². The molecular weight excluding hydrogens is 470 g/mol. The summed E-state index contributed by atoms with van der Waals surface area (Å²) in [6, 6.07) is 0. The summed E-state index contributed by atoms with van der Waals surface area (Å²) in [7, 11) is -6.20. The van der Waals surface area contributed by atoms with Crippen LogP contribution in [0.25, 0.3) is 0 Å². The molecular formula is C26H60O4P2S. The zero-order valence-electron chi connectivity index (χ0n) is 23.7. The van der Waals surface area contributed by atoms with E-state index in [9.17, 15) is 0 Å². The lowest BCUT2D eigenvalue weighted by Gasteiger charge is -2.22. The standard InChI is InChI=1S/2C13H30P.H2O4S/c2*1-5-8-11-14(4,12-9-6-2)13-10-7-3;1-5(2,3)4/h2*5-13H2,1-4H3;(H2,1,2,3,4)/q2*+1;/p-2. The third-order valence-electron chi connectivity index (χ3n) is 6.31. The fourth-order valence-corrected chi connectivity index (χ4v) is 11.7. The summed E-state index contributed by atoms with van der Waals surface area (Å²) in [4.78, 5) is 0. The second-order valence-corrected chi connectivity index (χ2v) is 20.1. The molecule has 0 fully saturated rings. The Bertz CT molecular complexity index is 417. The molecule has 0 aromatic carbocycles. The lowest BCUT2D eigenvalue weighted by atomic mass is 10.4. The van der Waals surface area contributed by atoms with Crippen LogP contribution in [0.4, 0.5) is 0 Å². The zero-order chi connectivity index (χ0) is 26.2. The Morgan fingerprint density at radius 3 is 0.667 bits per heavy atom. The van der Waals surface area contributed by atoms with Crippen molar-refractivity contribution in [2.75, 3.05) is 50.3 Å². The molecule has 0 aliphatic heterocycles. The van der Waals surface area contributed by atoms with E-state index in [1.54, 1.807) is 37.0 Å². The molecule has 0 amide bonds. The van der Waals surface area contributed by atoms with Gasteiger partial charge in [0.25, 0.3) is 0 Å². The van der Waals surface area contributed by atoms with Gasteiger partial charge in [0.1, 0.15) is 0 Å². The Morgan fingerprint density at radius 1 is 0.455 bits per heavy atom. The number of rotatable bonds is 18. The minimum absolute atomic E-state index is 0.519. The topological polar surface area (TPSA) is 80.3 Å². The first kappa shape index (κ1) is 38.3. The van der Waals surface area contributed by atoms with E-state index in [1.165, 1.54) is 77.0 Å². The quantitative estimate of drug-likeness (QED) is 0.101. The molecule has 0 bridgehead atoms. The first-order valence-electron chi connectivity index (χ1n) is 13.7. The van der Waals surface area contributed by atoms with Gasteiger partial charge in [0.2, 0.25) is 0 Å². The van der Waals surface area contributed by atoms with Crippen molar-refractivity contribution in [3.8, 4) is 0 Å². The average molecular weight is 531 g/mol. The van der Waals surface area contributed by atoms with E-state index in [0.29, 0.717) is 0 Å². The van der Waals surface area contributed by atoms with Crippen LogP contribution in [0.5, 0.6) is 0 Å². The normalized spacial score (nSPS) is 11.9. The molecule has 0 heterocycles. The van der Waals surface area contributed by atoms with Crippen molar-refractivity contribution in [1.29, 1.82) is 0 Å². The lowest BCUT2D eigenvalue weighted by Crippen LogP contribution is -2.07. The summed E-state index contributed by atoms with van der Waals surface area (Å²) in [5, 5.41) is 0. The molecule has 0 rings (SSSR count). The summed E-state index contributed by atoms with van der Waals surface area (Å²) in [6.45, 7) is 19.2. The van der Waals surface area contributed by atoms with Gasteiger partial charge in [0, 0.05) is 38.3 Å². The molecule has 33 heavy (non-hydrogen) atoms. The zero-order valence-corrected chi connectivity index (χ0v) is 26.3. The molecule has 0 aromatic heterocycles. The van der Waals surface area contributed by atoms with Crippen molar-refractivity contribution in [2.24, 2.45) is 0 Å². The van der Waals surface area contributed by atoms with Gasteiger partial charge in [-0.25, -0.2) is 0 Å². The van der Waals surface area contributed by atoms with Gasteiger partial charge in [-0.05, 0) is 38.5 Å². The van der Waals surface area contributed by atoms with Gasteiger partial charge in [0.05, 0.1) is 37.0 Å². The second-order valence-electron chi connectivity index (χ2n) is 10.1. The fraction of sp³-hybridized carbons (Fsp3) is 1.00. The Kier molecular flexibility index (Phi) is 28.3. The van der Waals surface area contributed by atoms with Crippen LogP contribution in [0.1, 0.15) is 119 Å². The maximum atomic E-state index is 8.52. The van der Waals surface area contributed by atoms with Gasteiger partial charge >= 0.3 is 0 Å². The molecule has 0 unspecified atom stereocenters. The van der Waals surface area contributed by atoms with E-state index in [-0.39, 0.29) is 0 Å². The molecule has 0 atom stereocenters. The second kappa shape index (κ2) is 24.4. The summed E-state index contributed by atoms with van der Waals surface area (Å²) < 4.78 is 34.1. The molecule has 0 aromatic rings. The predicted octanol–water partition coefficient (Wildman–Crippen LogP) is 8.73. The van der Waals surface area contributed by atoms with E-state index < -0.39 is 24.9 Å². The van der Waals surface area contributed by atoms with Gasteiger partial charge in [-0.2, -0.15) is 0 Å². The molecule has 0 spiro atoms. The van der Waals surface area contributed by atoms with E-state index >= 15 is 0 Å². The molecule has 7 heteroatoms. The van der Waals surface area contributed by atoms with Gasteiger partial charge in [-0.15, -0.1) is 0 Å². The minimum atomic E-state index is -5.17. The van der Waals surface area contributed by atoms with Crippen molar-refractivity contribution in [1.82, 2.24) is 0 Å². The maximum absolute atomic E-state index is 8.52. The average Bonchev–Trinajstić information content (AvgIpc) is 2.75. The lowest BCUT2D eigenvalue weighted by molar-refractivity contribution is 0.352. The Morgan fingerprint density at radius 2 is 0.576 bits per heavy atom. The van der Waals surface area contributed by atoms with E-state index in [4.69, 9.17) is 17.5 Å². The Balaban J connectivity index is -0.000000453.